The SMILES string of the molecule is O=C(N[C@H]1CCS(=O)(=O)C1)[C@H]1CC(=O)N(c2cccc(Cl)c2)C1. The van der Waals surface area contributed by atoms with Crippen LogP contribution >= 0.6 is 11.6 Å². The van der Waals surface area contributed by atoms with Crippen LogP contribution in [0.3, 0.4) is 0 Å². The molecular formula is C15H17ClN2O4S. The maximum atomic E-state index is 12.3. The molecule has 124 valence electrons. The Morgan fingerprint density at radius 3 is 2.78 bits per heavy atom. The highest BCUT2D eigenvalue weighted by Crippen LogP contribution is 2.27. The summed E-state index contributed by atoms with van der Waals surface area (Å²) in [5, 5.41) is 3.28. The third-order valence-corrected chi connectivity index (χ3v) is 6.20. The standard InChI is InChI=1S/C15H17ClN2O4S/c16-11-2-1-3-13(7-11)18-8-10(6-14(18)19)15(20)17-12-4-5-23(21,22)9-12/h1-3,7,10,12H,4-6,8-9H2,(H,17,20)/t10-,12-/m0/s1. The predicted molar refractivity (Wildman–Crippen MR) is 87.1 cm³/mol. The fourth-order valence-corrected chi connectivity index (χ4v) is 4.86. The van der Waals surface area contributed by atoms with Crippen molar-refractivity contribution >= 4 is 38.9 Å². The molecule has 1 N–H and O–H groups in total. The number of hydrogen-bond donors (Lipinski definition) is 1. The normalized spacial score (nSPS) is 26.5. The highest BCUT2D eigenvalue weighted by Gasteiger charge is 2.37. The molecule has 3 rings (SSSR count). The number of carbonyl (C=O) groups excluding carboxylic acids is 2. The average Bonchev–Trinajstić information content (AvgIpc) is 3.01. The Labute approximate surface area is 139 Å². The number of benzene rings is 1. The Hall–Kier alpha value is -1.60. The van der Waals surface area contributed by atoms with E-state index in [-0.39, 0.29) is 42.3 Å². The Morgan fingerprint density at radius 2 is 2.13 bits per heavy atom. The fourth-order valence-electron chi connectivity index (χ4n) is 3.00. The van der Waals surface area contributed by atoms with Gasteiger partial charge in [-0.15, -0.1) is 0 Å². The van der Waals surface area contributed by atoms with Crippen LogP contribution in [0.2, 0.25) is 5.02 Å². The topological polar surface area (TPSA) is 83.5 Å². The Bertz CT molecular complexity index is 750. The van der Waals surface area contributed by atoms with E-state index < -0.39 is 15.8 Å². The quantitative estimate of drug-likeness (QED) is 0.875. The maximum Gasteiger partial charge on any atom is 0.227 e. The molecule has 0 bridgehead atoms. The van der Waals surface area contributed by atoms with E-state index in [0.29, 0.717) is 17.1 Å². The Balaban J connectivity index is 1.64. The molecule has 2 amide bonds. The van der Waals surface area contributed by atoms with Crippen molar-refractivity contribution in [3.05, 3.63) is 29.3 Å². The molecule has 2 aliphatic heterocycles. The zero-order chi connectivity index (χ0) is 16.6. The first kappa shape index (κ1) is 16.3. The third-order valence-electron chi connectivity index (χ3n) is 4.19. The molecule has 0 saturated carbocycles. The van der Waals surface area contributed by atoms with Gasteiger partial charge in [-0.25, -0.2) is 8.42 Å². The molecule has 0 radical (unpaired) electrons. The summed E-state index contributed by atoms with van der Waals surface area (Å²) in [6.07, 6.45) is 0.560. The van der Waals surface area contributed by atoms with Crippen LogP contribution in [-0.4, -0.2) is 44.3 Å². The largest absolute Gasteiger partial charge is 0.352 e. The van der Waals surface area contributed by atoms with E-state index in [1.807, 2.05) is 0 Å². The van der Waals surface area contributed by atoms with Crippen molar-refractivity contribution in [2.24, 2.45) is 5.92 Å². The summed E-state index contributed by atoms with van der Waals surface area (Å²) in [5.74, 6) is -0.769. The molecule has 1 aromatic rings. The van der Waals surface area contributed by atoms with Crippen LogP contribution in [0, 0.1) is 5.92 Å². The average molecular weight is 357 g/mol. The molecule has 2 heterocycles. The second kappa shape index (κ2) is 6.13. The van der Waals surface area contributed by atoms with Gasteiger partial charge in [-0.3, -0.25) is 9.59 Å². The lowest BCUT2D eigenvalue weighted by Gasteiger charge is -2.18. The van der Waals surface area contributed by atoms with Gasteiger partial charge >= 0.3 is 0 Å². The Morgan fingerprint density at radius 1 is 1.35 bits per heavy atom. The molecule has 6 nitrogen and oxygen atoms in total. The molecule has 2 fully saturated rings. The third kappa shape index (κ3) is 3.67. The maximum absolute atomic E-state index is 12.3. The Kier molecular flexibility index (Phi) is 4.33. The van der Waals surface area contributed by atoms with Crippen molar-refractivity contribution in [2.75, 3.05) is 23.0 Å². The molecule has 0 aliphatic carbocycles. The number of nitrogens with zero attached hydrogens (tertiary/aromatic N) is 1. The number of nitrogens with one attached hydrogen (secondary N) is 1. The molecular weight excluding hydrogens is 340 g/mol. The fraction of sp³-hybridized carbons (Fsp3) is 0.467. The van der Waals surface area contributed by atoms with E-state index in [1.165, 1.54) is 0 Å². The van der Waals surface area contributed by atoms with Crippen molar-refractivity contribution in [1.29, 1.82) is 0 Å². The minimum atomic E-state index is -3.04. The molecule has 23 heavy (non-hydrogen) atoms. The minimum Gasteiger partial charge on any atom is -0.352 e. The zero-order valence-corrected chi connectivity index (χ0v) is 13.9. The molecule has 1 aromatic carbocycles. The van der Waals surface area contributed by atoms with E-state index in [1.54, 1.807) is 29.2 Å². The first-order chi connectivity index (χ1) is 10.8. The van der Waals surface area contributed by atoms with E-state index >= 15 is 0 Å². The number of hydrogen-bond acceptors (Lipinski definition) is 4. The van der Waals surface area contributed by atoms with Gasteiger partial charge in [0.25, 0.3) is 0 Å². The van der Waals surface area contributed by atoms with Crippen LogP contribution in [0.25, 0.3) is 0 Å². The summed E-state index contributed by atoms with van der Waals surface area (Å²) < 4.78 is 22.9. The summed E-state index contributed by atoms with van der Waals surface area (Å²) in [6, 6.07) is 6.58. The summed E-state index contributed by atoms with van der Waals surface area (Å²) in [6.45, 7) is 0.282. The van der Waals surface area contributed by atoms with Crippen molar-refractivity contribution in [3.63, 3.8) is 0 Å². The second-order valence-corrected chi connectivity index (χ2v) is 8.66. The number of sulfone groups is 1. The lowest BCUT2D eigenvalue weighted by molar-refractivity contribution is -0.126. The molecule has 2 aliphatic rings. The molecule has 2 atom stereocenters. The van der Waals surface area contributed by atoms with Crippen LogP contribution in [0.15, 0.2) is 24.3 Å². The van der Waals surface area contributed by atoms with Gasteiger partial charge in [0.2, 0.25) is 11.8 Å². The van der Waals surface area contributed by atoms with Gasteiger partial charge in [0.05, 0.1) is 17.4 Å². The zero-order valence-electron chi connectivity index (χ0n) is 12.4. The van der Waals surface area contributed by atoms with Gasteiger partial charge in [0.1, 0.15) is 0 Å². The summed E-state index contributed by atoms with van der Waals surface area (Å²) in [5.41, 5.74) is 0.668. The van der Waals surface area contributed by atoms with Crippen LogP contribution in [0.1, 0.15) is 12.8 Å². The highest BCUT2D eigenvalue weighted by molar-refractivity contribution is 7.91. The number of carbonyl (C=O) groups is 2. The minimum absolute atomic E-state index is 0.0165. The van der Waals surface area contributed by atoms with Crippen LogP contribution in [-0.2, 0) is 19.4 Å². The van der Waals surface area contributed by atoms with E-state index in [0.717, 1.165) is 0 Å². The predicted octanol–water partition coefficient (Wildman–Crippen LogP) is 0.996. The van der Waals surface area contributed by atoms with Gasteiger partial charge < -0.3 is 10.2 Å². The molecule has 0 spiro atoms. The van der Waals surface area contributed by atoms with Gasteiger partial charge in [0.15, 0.2) is 9.84 Å². The smallest absolute Gasteiger partial charge is 0.227 e. The lowest BCUT2D eigenvalue weighted by atomic mass is 10.1. The number of rotatable bonds is 3. The van der Waals surface area contributed by atoms with Crippen LogP contribution in [0.4, 0.5) is 5.69 Å². The lowest BCUT2D eigenvalue weighted by Crippen LogP contribution is -2.40. The molecule has 8 heteroatoms. The molecule has 0 unspecified atom stereocenters. The molecule has 2 saturated heterocycles. The number of anilines is 1. The van der Waals surface area contributed by atoms with E-state index in [9.17, 15) is 18.0 Å². The summed E-state index contributed by atoms with van der Waals surface area (Å²) >= 11 is 5.94. The first-order valence-electron chi connectivity index (χ1n) is 7.41. The second-order valence-electron chi connectivity index (χ2n) is 5.99. The van der Waals surface area contributed by atoms with Crippen molar-refractivity contribution in [2.45, 2.75) is 18.9 Å². The number of amides is 2. The van der Waals surface area contributed by atoms with Gasteiger partial charge in [-0.05, 0) is 24.6 Å². The monoisotopic (exact) mass is 356 g/mol. The van der Waals surface area contributed by atoms with E-state index in [2.05, 4.69) is 5.32 Å². The summed E-state index contributed by atoms with van der Waals surface area (Å²) in [4.78, 5) is 26.0. The van der Waals surface area contributed by atoms with Crippen LogP contribution < -0.4 is 10.2 Å². The van der Waals surface area contributed by atoms with Crippen LogP contribution in [0.5, 0.6) is 0 Å². The van der Waals surface area contributed by atoms with Crippen molar-refractivity contribution < 1.29 is 18.0 Å². The van der Waals surface area contributed by atoms with Gasteiger partial charge in [0, 0.05) is 29.7 Å². The van der Waals surface area contributed by atoms with E-state index in [4.69, 9.17) is 11.6 Å². The van der Waals surface area contributed by atoms with Gasteiger partial charge in [-0.2, -0.15) is 0 Å². The van der Waals surface area contributed by atoms with Gasteiger partial charge in [-0.1, -0.05) is 17.7 Å². The molecule has 0 aromatic heterocycles. The summed E-state index contributed by atoms with van der Waals surface area (Å²) in [7, 11) is -3.04. The van der Waals surface area contributed by atoms with Crippen molar-refractivity contribution in [1.82, 2.24) is 5.32 Å². The number of halogens is 1. The first-order valence-corrected chi connectivity index (χ1v) is 9.61. The van der Waals surface area contributed by atoms with Crippen molar-refractivity contribution in [3.8, 4) is 0 Å². The highest BCUT2D eigenvalue weighted by atomic mass is 35.5.